The molecule has 30 heavy (non-hydrogen) atoms. The zero-order chi connectivity index (χ0) is 22.1. The lowest BCUT2D eigenvalue weighted by molar-refractivity contribution is -0.139. The minimum atomic E-state index is -3.93. The van der Waals surface area contributed by atoms with Crippen LogP contribution in [0.1, 0.15) is 18.9 Å². The topological polar surface area (TPSA) is 101 Å². The number of aliphatic carboxylic acids is 1. The Morgan fingerprint density at radius 3 is 2.33 bits per heavy atom. The molecule has 0 amide bonds. The van der Waals surface area contributed by atoms with E-state index in [4.69, 9.17) is 23.2 Å². The second-order valence-electron chi connectivity index (χ2n) is 7.62. The highest BCUT2D eigenvalue weighted by atomic mass is 35.5. The van der Waals surface area contributed by atoms with E-state index in [1.54, 1.807) is 43.3 Å². The maximum absolute atomic E-state index is 13.6. The molecule has 1 fully saturated rings. The van der Waals surface area contributed by atoms with Crippen molar-refractivity contribution in [2.75, 3.05) is 12.3 Å². The highest BCUT2D eigenvalue weighted by molar-refractivity contribution is 7.91. The molecule has 9 heteroatoms. The number of sulfone groups is 1. The lowest BCUT2D eigenvalue weighted by Gasteiger charge is -2.31. The molecule has 1 aliphatic rings. The molecule has 1 heterocycles. The summed E-state index contributed by atoms with van der Waals surface area (Å²) >= 11 is 12.1. The summed E-state index contributed by atoms with van der Waals surface area (Å²) in [5, 5.41) is 12.6. The maximum atomic E-state index is 13.6. The third-order valence-corrected chi connectivity index (χ3v) is 8.15. The zero-order valence-corrected chi connectivity index (χ0v) is 18.5. The first-order valence-corrected chi connectivity index (χ1v) is 11.7. The summed E-state index contributed by atoms with van der Waals surface area (Å²) in [4.78, 5) is 24.8. The van der Waals surface area contributed by atoms with Gasteiger partial charge in [0.15, 0.2) is 9.84 Å². The van der Waals surface area contributed by atoms with E-state index in [0.29, 0.717) is 10.6 Å². The number of hydrogen-bond donors (Lipinski definition) is 2. The molecule has 3 rings (SSSR count). The Morgan fingerprint density at radius 2 is 1.77 bits per heavy atom. The second-order valence-corrected chi connectivity index (χ2v) is 10.4. The van der Waals surface area contributed by atoms with Gasteiger partial charge in [-0.25, -0.2) is 8.42 Å². The van der Waals surface area contributed by atoms with E-state index >= 15 is 0 Å². The van der Waals surface area contributed by atoms with Gasteiger partial charge in [-0.2, -0.15) is 0 Å². The van der Waals surface area contributed by atoms with Gasteiger partial charge < -0.3 is 10.4 Å². The minimum Gasteiger partial charge on any atom is -0.480 e. The fraction of sp³-hybridized carbons (Fsp3) is 0.333. The molecule has 160 valence electrons. The Hall–Kier alpha value is -1.93. The molecule has 0 radical (unpaired) electrons. The molecular weight excluding hydrogens is 449 g/mol. The molecule has 0 aliphatic carbocycles. The van der Waals surface area contributed by atoms with Gasteiger partial charge >= 0.3 is 5.97 Å². The van der Waals surface area contributed by atoms with E-state index in [9.17, 15) is 23.1 Å². The van der Waals surface area contributed by atoms with Gasteiger partial charge in [-0.05, 0) is 43.2 Å². The van der Waals surface area contributed by atoms with Crippen molar-refractivity contribution < 1.29 is 23.1 Å². The molecule has 2 N–H and O–H groups in total. The number of rotatable bonds is 7. The van der Waals surface area contributed by atoms with Crippen LogP contribution in [-0.4, -0.2) is 43.6 Å². The van der Waals surface area contributed by atoms with Crippen molar-refractivity contribution in [2.24, 2.45) is 5.92 Å². The Morgan fingerprint density at radius 1 is 1.13 bits per heavy atom. The van der Waals surface area contributed by atoms with Crippen LogP contribution in [-0.2, 0) is 24.8 Å². The first-order chi connectivity index (χ1) is 14.0. The van der Waals surface area contributed by atoms with Crippen molar-refractivity contribution in [1.82, 2.24) is 5.32 Å². The van der Waals surface area contributed by atoms with Gasteiger partial charge in [0, 0.05) is 17.5 Å². The average molecular weight is 470 g/mol. The lowest BCUT2D eigenvalue weighted by atomic mass is 9.75. The Bertz CT molecular complexity index is 1070. The summed E-state index contributed by atoms with van der Waals surface area (Å²) in [6, 6.07) is 11.7. The van der Waals surface area contributed by atoms with Crippen LogP contribution in [0.15, 0.2) is 53.4 Å². The summed E-state index contributed by atoms with van der Waals surface area (Å²) in [5.41, 5.74) is -0.922. The smallest absolute Gasteiger partial charge is 0.320 e. The number of halogens is 2. The van der Waals surface area contributed by atoms with E-state index in [0.717, 1.165) is 0 Å². The molecule has 0 spiro atoms. The van der Waals surface area contributed by atoms with Gasteiger partial charge in [-0.3, -0.25) is 9.59 Å². The third-order valence-electron chi connectivity index (χ3n) is 5.48. The molecule has 2 aromatic rings. The minimum absolute atomic E-state index is 0.0485. The maximum Gasteiger partial charge on any atom is 0.320 e. The number of nitrogens with one attached hydrogen (secondary N) is 1. The van der Waals surface area contributed by atoms with Crippen LogP contribution in [0.5, 0.6) is 0 Å². The standard InChI is InChI=1S/C21H21Cl2NO5S/c1-21(14-6-8-15(22)9-7-14,19(25)13-10-17(20(26)27)24-11-13)12-30(28,29)18-5-3-2-4-16(18)23/h2-9,13,17,24H,10-12H2,1H3,(H,26,27)/t13-,17+,21?/m1/s1. The molecule has 1 saturated heterocycles. The molecule has 0 saturated carbocycles. The molecule has 6 nitrogen and oxygen atoms in total. The summed E-state index contributed by atoms with van der Waals surface area (Å²) < 4.78 is 26.5. The van der Waals surface area contributed by atoms with Crippen molar-refractivity contribution in [2.45, 2.75) is 29.7 Å². The number of carbonyl (C=O) groups is 2. The van der Waals surface area contributed by atoms with Gasteiger partial charge in [0.25, 0.3) is 0 Å². The monoisotopic (exact) mass is 469 g/mol. The molecule has 0 bridgehead atoms. The fourth-order valence-electron chi connectivity index (χ4n) is 3.84. The molecule has 2 aromatic carbocycles. The fourth-order valence-corrected chi connectivity index (χ4v) is 6.33. The summed E-state index contributed by atoms with van der Waals surface area (Å²) in [6.45, 7) is 1.74. The van der Waals surface area contributed by atoms with Crippen molar-refractivity contribution in [3.63, 3.8) is 0 Å². The normalized spacial score (nSPS) is 21.2. The van der Waals surface area contributed by atoms with E-state index < -0.39 is 38.9 Å². The number of Topliss-reactive ketones (excluding diaryl/α,β-unsaturated/α-hetero) is 1. The SMILES string of the molecule is CC(CS(=O)(=O)c1ccccc1Cl)(C(=O)[C@H]1CN[C@H](C(=O)O)C1)c1ccc(Cl)cc1. The number of ketones is 1. The van der Waals surface area contributed by atoms with Crippen LogP contribution in [0.2, 0.25) is 10.0 Å². The number of hydrogen-bond acceptors (Lipinski definition) is 5. The summed E-state index contributed by atoms with van der Waals surface area (Å²) in [7, 11) is -3.93. The Kier molecular flexibility index (Phi) is 6.57. The van der Waals surface area contributed by atoms with Crippen LogP contribution in [0.3, 0.4) is 0 Å². The highest BCUT2D eigenvalue weighted by Crippen LogP contribution is 2.36. The zero-order valence-electron chi connectivity index (χ0n) is 16.1. The van der Waals surface area contributed by atoms with E-state index in [1.807, 2.05) is 0 Å². The Labute approximate surface area is 185 Å². The van der Waals surface area contributed by atoms with E-state index in [-0.39, 0.29) is 28.7 Å². The lowest BCUT2D eigenvalue weighted by Crippen LogP contribution is -2.44. The number of carboxylic acids is 1. The van der Waals surface area contributed by atoms with E-state index in [2.05, 4.69) is 5.32 Å². The van der Waals surface area contributed by atoms with Crippen molar-refractivity contribution >= 4 is 44.8 Å². The van der Waals surface area contributed by atoms with Crippen molar-refractivity contribution in [1.29, 1.82) is 0 Å². The van der Waals surface area contributed by atoms with Crippen LogP contribution < -0.4 is 5.32 Å². The molecule has 0 aromatic heterocycles. The largest absolute Gasteiger partial charge is 0.480 e. The van der Waals surface area contributed by atoms with Crippen molar-refractivity contribution in [3.05, 3.63) is 64.1 Å². The first kappa shape index (κ1) is 22.7. The molecular formula is C21H21Cl2NO5S. The van der Waals surface area contributed by atoms with Crippen LogP contribution in [0.4, 0.5) is 0 Å². The summed E-state index contributed by atoms with van der Waals surface area (Å²) in [6.07, 6.45) is 0.101. The van der Waals surface area contributed by atoms with Gasteiger partial charge in [-0.1, -0.05) is 47.5 Å². The second kappa shape index (κ2) is 8.67. The molecule has 1 aliphatic heterocycles. The summed E-state index contributed by atoms with van der Waals surface area (Å²) in [5.74, 6) is -2.51. The van der Waals surface area contributed by atoms with E-state index in [1.165, 1.54) is 12.1 Å². The van der Waals surface area contributed by atoms with Gasteiger partial charge in [0.2, 0.25) is 0 Å². The van der Waals surface area contributed by atoms with Crippen molar-refractivity contribution in [3.8, 4) is 0 Å². The predicted octanol–water partition coefficient (Wildman–Crippen LogP) is 3.36. The molecule has 1 unspecified atom stereocenters. The van der Waals surface area contributed by atoms with Crippen LogP contribution in [0, 0.1) is 5.92 Å². The number of carbonyl (C=O) groups excluding carboxylic acids is 1. The quantitative estimate of drug-likeness (QED) is 0.644. The third kappa shape index (κ3) is 4.54. The predicted molar refractivity (Wildman–Crippen MR) is 115 cm³/mol. The number of benzene rings is 2. The highest BCUT2D eigenvalue weighted by Gasteiger charge is 2.46. The first-order valence-electron chi connectivity index (χ1n) is 9.28. The molecule has 3 atom stereocenters. The average Bonchev–Trinajstić information content (AvgIpc) is 3.18. The van der Waals surface area contributed by atoms with Gasteiger partial charge in [0.05, 0.1) is 21.1 Å². The number of carboxylic acid groups (broad SMARTS) is 1. The van der Waals surface area contributed by atoms with Gasteiger partial charge in [-0.15, -0.1) is 0 Å². The van der Waals surface area contributed by atoms with Crippen LogP contribution >= 0.6 is 23.2 Å². The Balaban J connectivity index is 2.02. The van der Waals surface area contributed by atoms with Gasteiger partial charge in [0.1, 0.15) is 11.8 Å². The van der Waals surface area contributed by atoms with Crippen LogP contribution in [0.25, 0.3) is 0 Å².